The summed E-state index contributed by atoms with van der Waals surface area (Å²) in [6.07, 6.45) is 0.196. The van der Waals surface area contributed by atoms with Crippen molar-refractivity contribution in [3.05, 3.63) is 53.6 Å². The number of hydrogen-bond acceptors (Lipinski definition) is 3. The zero-order chi connectivity index (χ0) is 21.1. The molecule has 0 saturated carbocycles. The van der Waals surface area contributed by atoms with Gasteiger partial charge in [-0.2, -0.15) is 0 Å². The Morgan fingerprint density at radius 2 is 1.66 bits per heavy atom. The smallest absolute Gasteiger partial charge is 0.229 e. The minimum Gasteiger partial charge on any atom is -0.326 e. The highest BCUT2D eigenvalue weighted by Gasteiger charge is 2.36. The fourth-order valence-electron chi connectivity index (χ4n) is 3.70. The molecule has 0 aliphatic carbocycles. The lowest BCUT2D eigenvalue weighted by molar-refractivity contribution is -0.122. The number of carbonyl (C=O) groups is 3. The fraction of sp³-hybridized carbons (Fsp3) is 0.348. The number of nitrogens with zero attached hydrogens (tertiary/aromatic N) is 1. The van der Waals surface area contributed by atoms with Gasteiger partial charge in [-0.25, -0.2) is 0 Å². The molecule has 152 valence electrons. The number of anilines is 3. The molecule has 1 unspecified atom stereocenters. The van der Waals surface area contributed by atoms with E-state index in [1.54, 1.807) is 29.2 Å². The highest BCUT2D eigenvalue weighted by Crippen LogP contribution is 2.35. The summed E-state index contributed by atoms with van der Waals surface area (Å²) in [5, 5.41) is 5.57. The van der Waals surface area contributed by atoms with E-state index < -0.39 is 5.92 Å². The zero-order valence-corrected chi connectivity index (χ0v) is 17.3. The molecule has 1 aliphatic heterocycles. The first kappa shape index (κ1) is 20.6. The van der Waals surface area contributed by atoms with Crippen LogP contribution in [0.25, 0.3) is 0 Å². The van der Waals surface area contributed by atoms with E-state index in [0.29, 0.717) is 17.9 Å². The van der Waals surface area contributed by atoms with E-state index in [-0.39, 0.29) is 30.1 Å². The Balaban J connectivity index is 1.72. The van der Waals surface area contributed by atoms with Gasteiger partial charge in [0.05, 0.1) is 5.92 Å². The molecule has 1 fully saturated rings. The molecule has 2 N–H and O–H groups in total. The Hall–Kier alpha value is -3.15. The van der Waals surface area contributed by atoms with Crippen LogP contribution in [-0.4, -0.2) is 24.3 Å². The summed E-state index contributed by atoms with van der Waals surface area (Å²) in [6, 6.07) is 13.0. The van der Waals surface area contributed by atoms with Gasteiger partial charge in [0.2, 0.25) is 17.7 Å². The molecule has 29 heavy (non-hydrogen) atoms. The second-order valence-electron chi connectivity index (χ2n) is 7.82. The average Bonchev–Trinajstić information content (AvgIpc) is 3.04. The number of nitrogens with one attached hydrogen (secondary N) is 2. The van der Waals surface area contributed by atoms with Crippen molar-refractivity contribution in [1.82, 2.24) is 0 Å². The number of rotatable bonds is 5. The molecule has 1 heterocycles. The van der Waals surface area contributed by atoms with Crippen molar-refractivity contribution in [2.24, 2.45) is 5.92 Å². The third kappa shape index (κ3) is 4.65. The van der Waals surface area contributed by atoms with Crippen molar-refractivity contribution in [2.75, 3.05) is 22.1 Å². The van der Waals surface area contributed by atoms with Crippen molar-refractivity contribution in [2.45, 2.75) is 40.0 Å². The molecule has 2 aromatic carbocycles. The minimum absolute atomic E-state index is 0.0256. The summed E-state index contributed by atoms with van der Waals surface area (Å²) >= 11 is 0. The third-order valence-electron chi connectivity index (χ3n) is 5.13. The second kappa shape index (κ2) is 8.47. The lowest BCUT2D eigenvalue weighted by atomic mass is 9.97. The zero-order valence-electron chi connectivity index (χ0n) is 17.3. The van der Waals surface area contributed by atoms with Crippen LogP contribution in [0.5, 0.6) is 0 Å². The maximum absolute atomic E-state index is 12.7. The first-order chi connectivity index (χ1) is 13.8. The molecule has 2 aromatic rings. The van der Waals surface area contributed by atoms with Gasteiger partial charge in [0.15, 0.2) is 0 Å². The highest BCUT2D eigenvalue weighted by molar-refractivity contribution is 6.04. The average molecular weight is 393 g/mol. The van der Waals surface area contributed by atoms with Gasteiger partial charge in [-0.15, -0.1) is 0 Å². The minimum atomic E-state index is -0.405. The lowest BCUT2D eigenvalue weighted by Gasteiger charge is -2.24. The van der Waals surface area contributed by atoms with Crippen molar-refractivity contribution in [1.29, 1.82) is 0 Å². The van der Waals surface area contributed by atoms with E-state index in [4.69, 9.17) is 0 Å². The van der Waals surface area contributed by atoms with E-state index in [1.807, 2.05) is 25.1 Å². The van der Waals surface area contributed by atoms with Crippen LogP contribution >= 0.6 is 0 Å². The summed E-state index contributed by atoms with van der Waals surface area (Å²) < 4.78 is 0. The van der Waals surface area contributed by atoms with Gasteiger partial charge in [0.1, 0.15) is 0 Å². The van der Waals surface area contributed by atoms with Gasteiger partial charge in [0, 0.05) is 37.0 Å². The number of carbonyl (C=O) groups excluding carboxylic acids is 3. The maximum atomic E-state index is 12.7. The Labute approximate surface area is 171 Å². The van der Waals surface area contributed by atoms with Gasteiger partial charge in [-0.05, 0) is 48.2 Å². The first-order valence-electron chi connectivity index (χ1n) is 9.84. The number of para-hydroxylation sites is 1. The number of aryl methyl sites for hydroxylation is 1. The number of amides is 3. The summed E-state index contributed by atoms with van der Waals surface area (Å²) in [6.45, 7) is 8.02. The Kier molecular flexibility index (Phi) is 6.01. The van der Waals surface area contributed by atoms with Crippen LogP contribution in [-0.2, 0) is 14.4 Å². The highest BCUT2D eigenvalue weighted by atomic mass is 16.2. The molecule has 6 nitrogen and oxygen atoms in total. The standard InChI is InChI=1S/C23H27N3O3/c1-14(2)20-7-5-6-15(3)22(20)26-13-17(12-21(26)28)23(29)25-19-10-8-18(9-11-19)24-16(4)27/h5-11,14,17H,12-13H2,1-4H3,(H,24,27)(H,25,29). The number of hydrogen-bond donors (Lipinski definition) is 2. The molecular formula is C23H27N3O3. The Bertz CT molecular complexity index is 935. The van der Waals surface area contributed by atoms with Crippen molar-refractivity contribution in [3.63, 3.8) is 0 Å². The van der Waals surface area contributed by atoms with Gasteiger partial charge >= 0.3 is 0 Å². The first-order valence-corrected chi connectivity index (χ1v) is 9.84. The summed E-state index contributed by atoms with van der Waals surface area (Å²) in [4.78, 5) is 38.3. The van der Waals surface area contributed by atoms with Crippen LogP contribution in [0.4, 0.5) is 17.1 Å². The summed E-state index contributed by atoms with van der Waals surface area (Å²) in [7, 11) is 0. The van der Waals surface area contributed by atoms with E-state index in [0.717, 1.165) is 16.8 Å². The van der Waals surface area contributed by atoms with Crippen LogP contribution < -0.4 is 15.5 Å². The van der Waals surface area contributed by atoms with Crippen molar-refractivity contribution in [3.8, 4) is 0 Å². The van der Waals surface area contributed by atoms with E-state index >= 15 is 0 Å². The van der Waals surface area contributed by atoms with E-state index in [2.05, 4.69) is 24.5 Å². The quantitative estimate of drug-likeness (QED) is 0.804. The van der Waals surface area contributed by atoms with Crippen LogP contribution in [0.15, 0.2) is 42.5 Å². The molecule has 0 radical (unpaired) electrons. The van der Waals surface area contributed by atoms with Gasteiger partial charge < -0.3 is 15.5 Å². The molecule has 0 aromatic heterocycles. The van der Waals surface area contributed by atoms with Gasteiger partial charge in [-0.1, -0.05) is 32.0 Å². The van der Waals surface area contributed by atoms with Gasteiger partial charge in [0.25, 0.3) is 0 Å². The molecule has 6 heteroatoms. The largest absolute Gasteiger partial charge is 0.326 e. The molecule has 1 atom stereocenters. The monoisotopic (exact) mass is 393 g/mol. The Morgan fingerprint density at radius 3 is 2.24 bits per heavy atom. The molecule has 3 rings (SSSR count). The molecule has 1 aliphatic rings. The predicted molar refractivity (Wildman–Crippen MR) is 115 cm³/mol. The molecule has 1 saturated heterocycles. The number of benzene rings is 2. The SMILES string of the molecule is CC(=O)Nc1ccc(NC(=O)C2CC(=O)N(c3c(C)cccc3C(C)C)C2)cc1. The Morgan fingerprint density at radius 1 is 1.03 bits per heavy atom. The molecular weight excluding hydrogens is 366 g/mol. The van der Waals surface area contributed by atoms with Gasteiger partial charge in [-0.3, -0.25) is 14.4 Å². The lowest BCUT2D eigenvalue weighted by Crippen LogP contribution is -2.29. The third-order valence-corrected chi connectivity index (χ3v) is 5.13. The van der Waals surface area contributed by atoms with E-state index in [1.165, 1.54) is 6.92 Å². The maximum Gasteiger partial charge on any atom is 0.229 e. The predicted octanol–water partition coefficient (Wildman–Crippen LogP) is 4.07. The normalized spacial score (nSPS) is 16.2. The van der Waals surface area contributed by atoms with Crippen LogP contribution in [0.3, 0.4) is 0 Å². The van der Waals surface area contributed by atoms with Crippen LogP contribution in [0.1, 0.15) is 44.2 Å². The molecule has 0 spiro atoms. The van der Waals surface area contributed by atoms with Crippen LogP contribution in [0.2, 0.25) is 0 Å². The topological polar surface area (TPSA) is 78.5 Å². The van der Waals surface area contributed by atoms with Crippen LogP contribution in [0, 0.1) is 12.8 Å². The molecule has 0 bridgehead atoms. The molecule has 3 amide bonds. The summed E-state index contributed by atoms with van der Waals surface area (Å²) in [5.41, 5.74) is 4.39. The second-order valence-corrected chi connectivity index (χ2v) is 7.82. The van der Waals surface area contributed by atoms with E-state index in [9.17, 15) is 14.4 Å². The van der Waals surface area contributed by atoms with Crippen molar-refractivity contribution >= 4 is 34.8 Å². The fourth-order valence-corrected chi connectivity index (χ4v) is 3.70. The van der Waals surface area contributed by atoms with Crippen molar-refractivity contribution < 1.29 is 14.4 Å². The summed E-state index contributed by atoms with van der Waals surface area (Å²) in [5.74, 6) is -0.469.